The lowest BCUT2D eigenvalue weighted by Crippen LogP contribution is -2.20. The molecule has 0 saturated carbocycles. The van der Waals surface area contributed by atoms with Crippen LogP contribution in [0.1, 0.15) is 17.3 Å². The fraction of sp³-hybridized carbons (Fsp3) is 0.214. The quantitative estimate of drug-likeness (QED) is 0.841. The van der Waals surface area contributed by atoms with Crippen molar-refractivity contribution in [2.45, 2.75) is 13.5 Å². The van der Waals surface area contributed by atoms with E-state index in [1.807, 2.05) is 0 Å². The molecule has 0 radical (unpaired) electrons. The maximum atomic E-state index is 11.9. The van der Waals surface area contributed by atoms with Crippen molar-refractivity contribution in [2.24, 2.45) is 0 Å². The summed E-state index contributed by atoms with van der Waals surface area (Å²) in [4.78, 5) is 27.5. The smallest absolute Gasteiger partial charge is 0.340 e. The summed E-state index contributed by atoms with van der Waals surface area (Å²) >= 11 is 0. The van der Waals surface area contributed by atoms with Gasteiger partial charge in [0.1, 0.15) is 6.54 Å². The zero-order valence-electron chi connectivity index (χ0n) is 11.1. The van der Waals surface area contributed by atoms with Crippen LogP contribution in [0.3, 0.4) is 0 Å². The van der Waals surface area contributed by atoms with Crippen LogP contribution < -0.4 is 5.32 Å². The molecule has 6 heteroatoms. The minimum atomic E-state index is -0.453. The van der Waals surface area contributed by atoms with E-state index < -0.39 is 5.97 Å². The number of hydrogen-bond acceptors (Lipinski definition) is 4. The van der Waals surface area contributed by atoms with Gasteiger partial charge < -0.3 is 14.6 Å². The van der Waals surface area contributed by atoms with Gasteiger partial charge in [0, 0.05) is 12.4 Å². The molecule has 2 aromatic rings. The Labute approximate surface area is 116 Å². The number of nitrogens with one attached hydrogen (secondary N) is 1. The zero-order chi connectivity index (χ0) is 14.4. The normalized spacial score (nSPS) is 10.1. The average molecular weight is 273 g/mol. The maximum absolute atomic E-state index is 11.9. The number of para-hydroxylation sites is 1. The third kappa shape index (κ3) is 3.44. The van der Waals surface area contributed by atoms with E-state index in [2.05, 4.69) is 10.3 Å². The number of imidazole rings is 1. The van der Waals surface area contributed by atoms with Crippen LogP contribution in [-0.4, -0.2) is 28.0 Å². The van der Waals surface area contributed by atoms with Gasteiger partial charge in [0.25, 0.3) is 0 Å². The Morgan fingerprint density at radius 2 is 2.15 bits per heavy atom. The van der Waals surface area contributed by atoms with Crippen molar-refractivity contribution in [2.75, 3.05) is 11.9 Å². The molecule has 0 spiro atoms. The second-order valence-electron chi connectivity index (χ2n) is 4.05. The highest BCUT2D eigenvalue weighted by Crippen LogP contribution is 2.16. The fourth-order valence-electron chi connectivity index (χ4n) is 1.71. The predicted octanol–water partition coefficient (Wildman–Crippen LogP) is 1.70. The molecule has 0 fully saturated rings. The highest BCUT2D eigenvalue weighted by Gasteiger charge is 2.13. The molecule has 0 atom stereocenters. The standard InChI is InChI=1S/C14H15N3O3/c1-2-20-14(19)11-5-3-4-6-12(11)16-13(18)9-17-8-7-15-10-17/h3-8,10H,2,9H2,1H3,(H,16,18). The monoisotopic (exact) mass is 273 g/mol. The Morgan fingerprint density at radius 1 is 1.35 bits per heavy atom. The molecule has 0 unspecified atom stereocenters. The van der Waals surface area contributed by atoms with Crippen LogP contribution in [0.5, 0.6) is 0 Å². The molecular weight excluding hydrogens is 258 g/mol. The first-order valence-corrected chi connectivity index (χ1v) is 6.22. The molecular formula is C14H15N3O3. The van der Waals surface area contributed by atoms with Crippen LogP contribution in [-0.2, 0) is 16.1 Å². The van der Waals surface area contributed by atoms with Crippen molar-refractivity contribution in [3.8, 4) is 0 Å². The van der Waals surface area contributed by atoms with Gasteiger partial charge in [0.2, 0.25) is 5.91 Å². The molecule has 0 aliphatic heterocycles. The SMILES string of the molecule is CCOC(=O)c1ccccc1NC(=O)Cn1ccnc1. The van der Waals surface area contributed by atoms with E-state index in [1.165, 1.54) is 0 Å². The predicted molar refractivity (Wildman–Crippen MR) is 73.3 cm³/mol. The fourth-order valence-corrected chi connectivity index (χ4v) is 1.71. The molecule has 0 bridgehead atoms. The third-order valence-electron chi connectivity index (χ3n) is 2.58. The molecule has 1 aromatic carbocycles. The van der Waals surface area contributed by atoms with Crippen molar-refractivity contribution in [3.63, 3.8) is 0 Å². The van der Waals surface area contributed by atoms with Gasteiger partial charge in [0.15, 0.2) is 0 Å². The van der Waals surface area contributed by atoms with Crippen molar-refractivity contribution in [1.82, 2.24) is 9.55 Å². The summed E-state index contributed by atoms with van der Waals surface area (Å²) in [5.74, 6) is -0.689. The van der Waals surface area contributed by atoms with E-state index in [9.17, 15) is 9.59 Å². The van der Waals surface area contributed by atoms with Crippen LogP contribution in [0, 0.1) is 0 Å². The van der Waals surface area contributed by atoms with E-state index in [0.29, 0.717) is 11.3 Å². The first-order valence-electron chi connectivity index (χ1n) is 6.22. The van der Waals surface area contributed by atoms with Gasteiger partial charge in [-0.05, 0) is 19.1 Å². The van der Waals surface area contributed by atoms with Crippen molar-refractivity contribution in [3.05, 3.63) is 48.5 Å². The van der Waals surface area contributed by atoms with Gasteiger partial charge in [-0.3, -0.25) is 4.79 Å². The molecule has 6 nitrogen and oxygen atoms in total. The van der Waals surface area contributed by atoms with E-state index >= 15 is 0 Å². The van der Waals surface area contributed by atoms with Gasteiger partial charge in [-0.15, -0.1) is 0 Å². The van der Waals surface area contributed by atoms with E-state index in [0.717, 1.165) is 0 Å². The minimum Gasteiger partial charge on any atom is -0.462 e. The largest absolute Gasteiger partial charge is 0.462 e. The lowest BCUT2D eigenvalue weighted by Gasteiger charge is -2.10. The van der Waals surface area contributed by atoms with Gasteiger partial charge in [-0.2, -0.15) is 0 Å². The number of ether oxygens (including phenoxy) is 1. The Hall–Kier alpha value is -2.63. The highest BCUT2D eigenvalue weighted by molar-refractivity contribution is 6.01. The number of nitrogens with zero attached hydrogens (tertiary/aromatic N) is 2. The molecule has 0 aliphatic rings. The molecule has 20 heavy (non-hydrogen) atoms. The second-order valence-corrected chi connectivity index (χ2v) is 4.05. The van der Waals surface area contributed by atoms with Gasteiger partial charge in [-0.25, -0.2) is 9.78 Å². The molecule has 0 saturated heterocycles. The summed E-state index contributed by atoms with van der Waals surface area (Å²) in [6.45, 7) is 2.16. The Bertz CT molecular complexity index is 593. The molecule has 1 heterocycles. The van der Waals surface area contributed by atoms with Crippen LogP contribution in [0.2, 0.25) is 0 Å². The summed E-state index contributed by atoms with van der Waals surface area (Å²) in [5.41, 5.74) is 0.782. The number of carbonyl (C=O) groups excluding carboxylic acids is 2. The summed E-state index contributed by atoms with van der Waals surface area (Å²) < 4.78 is 6.59. The summed E-state index contributed by atoms with van der Waals surface area (Å²) in [7, 11) is 0. The number of anilines is 1. The molecule has 104 valence electrons. The molecule has 1 N–H and O–H groups in total. The number of hydrogen-bond donors (Lipinski definition) is 1. The lowest BCUT2D eigenvalue weighted by atomic mass is 10.2. The van der Waals surface area contributed by atoms with Gasteiger partial charge >= 0.3 is 5.97 Å². The van der Waals surface area contributed by atoms with Crippen LogP contribution in [0.25, 0.3) is 0 Å². The second kappa shape index (κ2) is 6.51. The maximum Gasteiger partial charge on any atom is 0.340 e. The average Bonchev–Trinajstić information content (AvgIpc) is 2.92. The Balaban J connectivity index is 2.09. The molecule has 1 aromatic heterocycles. The van der Waals surface area contributed by atoms with Crippen molar-refractivity contribution >= 4 is 17.6 Å². The summed E-state index contributed by atoms with van der Waals surface area (Å²) in [5, 5.41) is 2.70. The van der Waals surface area contributed by atoms with E-state index in [-0.39, 0.29) is 19.1 Å². The number of esters is 1. The van der Waals surface area contributed by atoms with E-state index in [4.69, 9.17) is 4.74 Å². The van der Waals surface area contributed by atoms with Crippen molar-refractivity contribution < 1.29 is 14.3 Å². The van der Waals surface area contributed by atoms with Gasteiger partial charge in [0.05, 0.1) is 24.2 Å². The number of rotatable bonds is 5. The third-order valence-corrected chi connectivity index (χ3v) is 2.58. The number of amides is 1. The number of aromatic nitrogens is 2. The molecule has 1 amide bonds. The number of carbonyl (C=O) groups is 2. The van der Waals surface area contributed by atoms with E-state index in [1.54, 1.807) is 54.5 Å². The molecule has 2 rings (SSSR count). The van der Waals surface area contributed by atoms with Crippen LogP contribution in [0.4, 0.5) is 5.69 Å². The van der Waals surface area contributed by atoms with Gasteiger partial charge in [-0.1, -0.05) is 12.1 Å². The van der Waals surface area contributed by atoms with Crippen molar-refractivity contribution in [1.29, 1.82) is 0 Å². The van der Waals surface area contributed by atoms with Crippen LogP contribution >= 0.6 is 0 Å². The first-order chi connectivity index (χ1) is 9.70. The first kappa shape index (κ1) is 13.8. The molecule has 0 aliphatic carbocycles. The Kier molecular flexibility index (Phi) is 4.49. The Morgan fingerprint density at radius 3 is 2.85 bits per heavy atom. The summed E-state index contributed by atoms with van der Waals surface area (Å²) in [6.07, 6.45) is 4.84. The van der Waals surface area contributed by atoms with Crippen LogP contribution in [0.15, 0.2) is 43.0 Å². The minimum absolute atomic E-state index is 0.136. The number of benzene rings is 1. The highest BCUT2D eigenvalue weighted by atomic mass is 16.5. The topological polar surface area (TPSA) is 73.2 Å². The summed E-state index contributed by atoms with van der Waals surface area (Å²) in [6, 6.07) is 6.75. The zero-order valence-corrected chi connectivity index (χ0v) is 11.1. The lowest BCUT2D eigenvalue weighted by molar-refractivity contribution is -0.116.